The van der Waals surface area contributed by atoms with Crippen LogP contribution in [0, 0.1) is 5.92 Å². The van der Waals surface area contributed by atoms with Gasteiger partial charge in [-0.05, 0) is 26.2 Å². The summed E-state index contributed by atoms with van der Waals surface area (Å²) in [7, 11) is 0. The molecule has 1 aliphatic heterocycles. The summed E-state index contributed by atoms with van der Waals surface area (Å²) in [5.41, 5.74) is 0. The summed E-state index contributed by atoms with van der Waals surface area (Å²) >= 11 is 0. The van der Waals surface area contributed by atoms with Gasteiger partial charge < -0.3 is 5.32 Å². The minimum Gasteiger partial charge on any atom is -0.305 e. The molecule has 0 amide bonds. The second-order valence-corrected chi connectivity index (χ2v) is 3.33. The first kappa shape index (κ1) is 7.73. The summed E-state index contributed by atoms with van der Waals surface area (Å²) in [6.45, 7) is 5.97. The van der Waals surface area contributed by atoms with Gasteiger partial charge >= 0.3 is 0 Å². The van der Waals surface area contributed by atoms with E-state index in [4.69, 9.17) is 0 Å². The van der Waals surface area contributed by atoms with Crippen molar-refractivity contribution in [1.29, 1.82) is 0 Å². The van der Waals surface area contributed by atoms with Crippen LogP contribution in [-0.2, 0) is 4.79 Å². The number of nitrogens with one attached hydrogen (secondary N) is 1. The molecule has 1 saturated heterocycles. The van der Waals surface area contributed by atoms with E-state index in [2.05, 4.69) is 19.2 Å². The Labute approximate surface area is 62.0 Å². The summed E-state index contributed by atoms with van der Waals surface area (Å²) in [5, 5.41) is 3.25. The predicted molar refractivity (Wildman–Crippen MR) is 40.8 cm³/mol. The Balaban J connectivity index is 2.49. The summed E-state index contributed by atoms with van der Waals surface area (Å²) < 4.78 is 0. The molecule has 0 radical (unpaired) electrons. The molecule has 1 N–H and O–H groups in total. The van der Waals surface area contributed by atoms with E-state index in [-0.39, 0.29) is 11.8 Å². The third-order valence-corrected chi connectivity index (χ3v) is 2.42. The van der Waals surface area contributed by atoms with Crippen LogP contribution in [0.2, 0.25) is 0 Å². The predicted octanol–water partition coefficient (Wildman–Crippen LogP) is 0.962. The molecule has 0 spiro atoms. The lowest BCUT2D eigenvalue weighted by Gasteiger charge is -2.07. The fourth-order valence-corrected chi connectivity index (χ4v) is 1.41. The van der Waals surface area contributed by atoms with E-state index in [1.54, 1.807) is 6.92 Å². The van der Waals surface area contributed by atoms with E-state index in [9.17, 15) is 4.79 Å². The third-order valence-electron chi connectivity index (χ3n) is 2.42. The van der Waals surface area contributed by atoms with Gasteiger partial charge in [-0.2, -0.15) is 0 Å². The maximum absolute atomic E-state index is 10.9. The zero-order valence-corrected chi connectivity index (χ0v) is 6.85. The van der Waals surface area contributed by atoms with Crippen LogP contribution in [-0.4, -0.2) is 17.9 Å². The smallest absolute Gasteiger partial charge is 0.146 e. The first-order valence-electron chi connectivity index (χ1n) is 3.87. The molecule has 0 aromatic carbocycles. The summed E-state index contributed by atoms with van der Waals surface area (Å²) in [6.07, 6.45) is 1.01. The van der Waals surface area contributed by atoms with Crippen molar-refractivity contribution in [2.24, 2.45) is 5.92 Å². The molecule has 0 aliphatic carbocycles. The highest BCUT2D eigenvalue weighted by Crippen LogP contribution is 2.19. The normalized spacial score (nSPS) is 40.1. The van der Waals surface area contributed by atoms with Crippen LogP contribution in [0.3, 0.4) is 0 Å². The summed E-state index contributed by atoms with van der Waals surface area (Å²) in [5.74, 6) is 0.921. The molecule has 1 rings (SSSR count). The molecule has 58 valence electrons. The molecule has 2 heteroatoms. The van der Waals surface area contributed by atoms with Crippen LogP contribution >= 0.6 is 0 Å². The van der Waals surface area contributed by atoms with E-state index < -0.39 is 0 Å². The maximum Gasteiger partial charge on any atom is 0.146 e. The number of Topliss-reactive ketones (excluding diaryl/α,β-unsaturated/α-hetero) is 1. The van der Waals surface area contributed by atoms with Gasteiger partial charge in [0.15, 0.2) is 0 Å². The SMILES string of the molecule is CC(=O)[C@H]1C[C@@H](C)[C@@H](C)N1. The lowest BCUT2D eigenvalue weighted by atomic mass is 10.0. The molecule has 1 aliphatic rings. The van der Waals surface area contributed by atoms with Crippen LogP contribution in [0.15, 0.2) is 0 Å². The van der Waals surface area contributed by atoms with Crippen LogP contribution in [0.25, 0.3) is 0 Å². The van der Waals surface area contributed by atoms with E-state index in [1.165, 1.54) is 0 Å². The number of ketones is 1. The molecule has 10 heavy (non-hydrogen) atoms. The van der Waals surface area contributed by atoms with Gasteiger partial charge in [-0.3, -0.25) is 4.79 Å². The highest BCUT2D eigenvalue weighted by atomic mass is 16.1. The van der Waals surface area contributed by atoms with Gasteiger partial charge in [-0.1, -0.05) is 6.92 Å². The van der Waals surface area contributed by atoms with E-state index in [1.807, 2.05) is 0 Å². The fraction of sp³-hybridized carbons (Fsp3) is 0.875. The van der Waals surface area contributed by atoms with Crippen LogP contribution < -0.4 is 5.32 Å². The van der Waals surface area contributed by atoms with Gasteiger partial charge in [-0.15, -0.1) is 0 Å². The Hall–Kier alpha value is -0.370. The minimum absolute atomic E-state index is 0.130. The molecule has 0 unspecified atom stereocenters. The van der Waals surface area contributed by atoms with Gasteiger partial charge in [0.2, 0.25) is 0 Å². The average molecular weight is 141 g/mol. The molecule has 2 nitrogen and oxygen atoms in total. The second kappa shape index (κ2) is 2.70. The van der Waals surface area contributed by atoms with Crippen LogP contribution in [0.4, 0.5) is 0 Å². The maximum atomic E-state index is 10.9. The van der Waals surface area contributed by atoms with Crippen molar-refractivity contribution in [3.63, 3.8) is 0 Å². The third kappa shape index (κ3) is 1.37. The Kier molecular flexibility index (Phi) is 2.09. The molecule has 0 bridgehead atoms. The van der Waals surface area contributed by atoms with E-state index in [0.717, 1.165) is 6.42 Å². The average Bonchev–Trinajstić information content (AvgIpc) is 2.13. The molecule has 3 atom stereocenters. The van der Waals surface area contributed by atoms with Gasteiger partial charge in [0.05, 0.1) is 6.04 Å². The Morgan fingerprint density at radius 3 is 2.30 bits per heavy atom. The molecule has 0 aromatic rings. The molecule has 0 saturated carbocycles. The van der Waals surface area contributed by atoms with Crippen molar-refractivity contribution in [3.8, 4) is 0 Å². The zero-order valence-electron chi connectivity index (χ0n) is 6.85. The number of carbonyl (C=O) groups excluding carboxylic acids is 1. The minimum atomic E-state index is 0.130. The summed E-state index contributed by atoms with van der Waals surface area (Å²) in [4.78, 5) is 10.9. The van der Waals surface area contributed by atoms with Crippen molar-refractivity contribution in [1.82, 2.24) is 5.32 Å². The topological polar surface area (TPSA) is 29.1 Å². The van der Waals surface area contributed by atoms with Crippen molar-refractivity contribution in [2.45, 2.75) is 39.3 Å². The van der Waals surface area contributed by atoms with E-state index >= 15 is 0 Å². The molecule has 1 heterocycles. The monoisotopic (exact) mass is 141 g/mol. The van der Waals surface area contributed by atoms with Crippen LogP contribution in [0.1, 0.15) is 27.2 Å². The standard InChI is InChI=1S/C8H15NO/c1-5-4-8(7(3)10)9-6(5)2/h5-6,8-9H,4H2,1-3H3/t5-,6-,8-/m1/s1. The molecule has 0 aromatic heterocycles. The largest absolute Gasteiger partial charge is 0.305 e. The van der Waals surface area contributed by atoms with Gasteiger partial charge in [-0.25, -0.2) is 0 Å². The first-order valence-corrected chi connectivity index (χ1v) is 3.87. The molecule has 1 fully saturated rings. The molecular formula is C8H15NO. The lowest BCUT2D eigenvalue weighted by molar-refractivity contribution is -0.118. The Bertz CT molecular complexity index is 134. The van der Waals surface area contributed by atoms with Gasteiger partial charge in [0, 0.05) is 6.04 Å². The van der Waals surface area contributed by atoms with Crippen molar-refractivity contribution >= 4 is 5.78 Å². The Morgan fingerprint density at radius 1 is 1.50 bits per heavy atom. The molecular weight excluding hydrogens is 126 g/mol. The highest BCUT2D eigenvalue weighted by molar-refractivity contribution is 5.81. The van der Waals surface area contributed by atoms with E-state index in [0.29, 0.717) is 12.0 Å². The zero-order chi connectivity index (χ0) is 7.72. The van der Waals surface area contributed by atoms with Crippen molar-refractivity contribution in [2.75, 3.05) is 0 Å². The summed E-state index contributed by atoms with van der Waals surface area (Å²) in [6, 6.07) is 0.638. The Morgan fingerprint density at radius 2 is 2.10 bits per heavy atom. The quantitative estimate of drug-likeness (QED) is 0.589. The number of rotatable bonds is 1. The highest BCUT2D eigenvalue weighted by Gasteiger charge is 2.29. The number of hydrogen-bond acceptors (Lipinski definition) is 2. The van der Waals surface area contributed by atoms with Gasteiger partial charge in [0.25, 0.3) is 0 Å². The van der Waals surface area contributed by atoms with Crippen molar-refractivity contribution < 1.29 is 4.79 Å². The number of carbonyl (C=O) groups is 1. The van der Waals surface area contributed by atoms with Crippen LogP contribution in [0.5, 0.6) is 0 Å². The van der Waals surface area contributed by atoms with Gasteiger partial charge in [0.1, 0.15) is 5.78 Å². The van der Waals surface area contributed by atoms with Crippen molar-refractivity contribution in [3.05, 3.63) is 0 Å². The number of hydrogen-bond donors (Lipinski definition) is 1. The second-order valence-electron chi connectivity index (χ2n) is 3.33. The lowest BCUT2D eigenvalue weighted by Crippen LogP contribution is -2.33. The first-order chi connectivity index (χ1) is 4.61. The fourth-order valence-electron chi connectivity index (χ4n) is 1.41.